The molecule has 5 atom stereocenters. The molecule has 9 amide bonds. The maximum Gasteiger partial charge on any atom is 0.416 e. The Morgan fingerprint density at radius 3 is 1.88 bits per heavy atom. The fraction of sp³-hybridized carbons (Fsp3) is 0.449. The Labute approximate surface area is 562 Å². The highest BCUT2D eigenvalue weighted by molar-refractivity contribution is 6.13. The van der Waals surface area contributed by atoms with E-state index < -0.39 is 65.9 Å². The van der Waals surface area contributed by atoms with Crippen molar-refractivity contribution >= 4 is 76.6 Å². The molecule has 3 aromatic carbocycles. The zero-order valence-corrected chi connectivity index (χ0v) is 55.5. The van der Waals surface area contributed by atoms with E-state index in [9.17, 15) is 48.3 Å². The smallest absolute Gasteiger partial charge is 0.416 e. The van der Waals surface area contributed by atoms with Gasteiger partial charge in [0.1, 0.15) is 18.7 Å². The van der Waals surface area contributed by atoms with Crippen molar-refractivity contribution in [2.24, 2.45) is 10.9 Å². The van der Waals surface area contributed by atoms with E-state index >= 15 is 0 Å². The molecule has 0 spiro atoms. The molecule has 0 fully saturated rings. The van der Waals surface area contributed by atoms with Gasteiger partial charge in [-0.2, -0.15) is 0 Å². The lowest BCUT2D eigenvalue weighted by Crippen LogP contribution is -2.53. The maximum atomic E-state index is 14.4. The molecule has 0 bridgehead atoms. The number of hydrogen-bond donors (Lipinski definition) is 5. The number of ether oxygens (including phenoxy) is 9. The number of imide groups is 1. The minimum atomic E-state index is -1.58. The molecule has 1 unspecified atom stereocenters. The van der Waals surface area contributed by atoms with Crippen LogP contribution >= 0.6 is 0 Å². The average molecular weight is 1340 g/mol. The van der Waals surface area contributed by atoms with Crippen molar-refractivity contribution in [1.82, 2.24) is 30.7 Å². The van der Waals surface area contributed by atoms with Gasteiger partial charge in [0, 0.05) is 80.9 Å². The zero-order chi connectivity index (χ0) is 69.5. The average Bonchev–Trinajstić information content (AvgIpc) is 1.62. The first-order valence-electron chi connectivity index (χ1n) is 32.1. The number of carbonyl (C=O) groups is 9. The summed E-state index contributed by atoms with van der Waals surface area (Å²) in [7, 11) is 2.90. The molecule has 0 aliphatic carbocycles. The van der Waals surface area contributed by atoms with E-state index in [-0.39, 0.29) is 125 Å². The molecule has 8 rings (SSSR count). The molecule has 97 heavy (non-hydrogen) atoms. The highest BCUT2D eigenvalue weighted by Crippen LogP contribution is 2.43. The second kappa shape index (κ2) is 35.8. The maximum absolute atomic E-state index is 14.4. The summed E-state index contributed by atoms with van der Waals surface area (Å²) in [5.74, 6) is -2.66. The lowest BCUT2D eigenvalue weighted by atomic mass is 10.0. The van der Waals surface area contributed by atoms with Gasteiger partial charge in [-0.25, -0.2) is 9.69 Å². The van der Waals surface area contributed by atoms with Gasteiger partial charge >= 0.3 is 6.09 Å². The normalized spacial score (nSPS) is 17.7. The zero-order valence-electron chi connectivity index (χ0n) is 55.5. The number of fused-ring (bicyclic) bond motifs is 4. The number of aliphatic hydroxyl groups is 1. The second-order valence-electron chi connectivity index (χ2n) is 23.2. The Morgan fingerprint density at radius 1 is 0.660 bits per heavy atom. The van der Waals surface area contributed by atoms with Crippen LogP contribution in [0.1, 0.15) is 93.0 Å². The predicted octanol–water partition coefficient (Wildman–Crippen LogP) is 5.56. The first-order chi connectivity index (χ1) is 46.8. The van der Waals surface area contributed by atoms with Gasteiger partial charge in [0.2, 0.25) is 23.6 Å². The van der Waals surface area contributed by atoms with Crippen molar-refractivity contribution in [3.63, 3.8) is 0 Å². The Hall–Kier alpha value is -9.74. The first kappa shape index (κ1) is 73.1. The van der Waals surface area contributed by atoms with Crippen molar-refractivity contribution in [2.75, 3.05) is 104 Å². The van der Waals surface area contributed by atoms with Crippen LogP contribution in [-0.4, -0.2) is 203 Å². The molecule has 5 heterocycles. The highest BCUT2D eigenvalue weighted by atomic mass is 16.6. The summed E-state index contributed by atoms with van der Waals surface area (Å²) >= 11 is 0. The summed E-state index contributed by atoms with van der Waals surface area (Å²) in [6.07, 6.45) is 13.7. The standard InChI is InChI=1S/C69H85N9O19/c1-8-11-46-33-49-39-71-52-37-57(55(89-6)35-50(52)66(85)76(49)40-46)95-23-10-24-96-58-38-53-51(36-56(58)90-7)67(86)77-41-47(12-9-2)34-54(77)68(87)78(53)69(88)97-42-45-13-15-48(16-14-45)73-64(83)44(5)72-65(84)63(43(3)4)74-60(80)20-25-91-27-29-93-31-32-94-30-28-92-26-21-70-59(79)19-22-75-61(81)17-18-62(75)82/h8-9,11-18,35-41,43-44,49,54,63,68,87H,10,19-34,42H2,1-7H3,(H,70,79)(H,72,84)(H,73,83)(H,74,80)/b11-8+,12-9+/t44-,49-,54-,63?,68-/m0/s1. The minimum absolute atomic E-state index is 0.000800. The van der Waals surface area contributed by atoms with Crippen molar-refractivity contribution in [3.8, 4) is 23.0 Å². The van der Waals surface area contributed by atoms with Crippen LogP contribution in [0.15, 0.2) is 114 Å². The van der Waals surface area contributed by atoms with E-state index in [1.54, 1.807) is 67.6 Å². The van der Waals surface area contributed by atoms with Gasteiger partial charge in [0.25, 0.3) is 23.6 Å². The van der Waals surface area contributed by atoms with Gasteiger partial charge in [-0.3, -0.25) is 48.2 Å². The number of hydrogen-bond acceptors (Lipinski definition) is 20. The summed E-state index contributed by atoms with van der Waals surface area (Å²) in [6, 6.07) is 9.55. The van der Waals surface area contributed by atoms with Gasteiger partial charge in [-0.1, -0.05) is 50.3 Å². The van der Waals surface area contributed by atoms with Crippen molar-refractivity contribution < 1.29 is 90.9 Å². The summed E-state index contributed by atoms with van der Waals surface area (Å²) in [4.78, 5) is 127. The fourth-order valence-corrected chi connectivity index (χ4v) is 10.9. The SMILES string of the molecule is C/C=C/C1=CN2C(=O)c3cc(OC)c(OCCCOc4cc5c(cc4OC)C(=O)N4C=C(/C=C/C)C[C@H]4[C@H](O)N5C(=O)OCc4ccc(NC(=O)[C@H](C)NC(=O)C(NC(=O)CCOCCOCCOCCOCCNC(=O)CCN5C(=O)C=CC5=O)C(C)C)cc4)cc3N=C[C@@H]2C1. The lowest BCUT2D eigenvalue weighted by molar-refractivity contribution is -0.137. The van der Waals surface area contributed by atoms with Gasteiger partial charge in [0.15, 0.2) is 29.2 Å². The third kappa shape index (κ3) is 19.7. The van der Waals surface area contributed by atoms with E-state index in [2.05, 4.69) is 26.3 Å². The van der Waals surface area contributed by atoms with Crippen LogP contribution < -0.4 is 45.1 Å². The number of amides is 9. The predicted molar refractivity (Wildman–Crippen MR) is 354 cm³/mol. The van der Waals surface area contributed by atoms with Crippen LogP contribution in [-0.2, 0) is 59.1 Å². The van der Waals surface area contributed by atoms with E-state index in [1.807, 2.05) is 44.4 Å². The van der Waals surface area contributed by atoms with Crippen molar-refractivity contribution in [2.45, 2.75) is 104 Å². The number of allylic oxidation sites excluding steroid dienone is 4. The number of methoxy groups -OCH3 is 2. The van der Waals surface area contributed by atoms with Gasteiger partial charge in [-0.05, 0) is 80.5 Å². The number of nitrogens with zero attached hydrogens (tertiary/aromatic N) is 5. The third-order valence-corrected chi connectivity index (χ3v) is 15.9. The Kier molecular flexibility index (Phi) is 27.0. The third-order valence-electron chi connectivity index (χ3n) is 15.9. The largest absolute Gasteiger partial charge is 0.493 e. The molecule has 520 valence electrons. The Morgan fingerprint density at radius 2 is 1.25 bits per heavy atom. The fourth-order valence-electron chi connectivity index (χ4n) is 10.9. The molecular formula is C69H85N9O19. The van der Waals surface area contributed by atoms with Crippen LogP contribution in [0.5, 0.6) is 23.0 Å². The van der Waals surface area contributed by atoms with E-state index in [0.29, 0.717) is 73.3 Å². The number of aliphatic imine (C=N–C) groups is 1. The number of carbonyl (C=O) groups excluding carboxylic acids is 9. The highest BCUT2D eigenvalue weighted by Gasteiger charge is 2.46. The number of benzene rings is 3. The van der Waals surface area contributed by atoms with Gasteiger partial charge in [-0.15, -0.1) is 0 Å². The van der Waals surface area contributed by atoms with Crippen molar-refractivity contribution in [3.05, 3.63) is 125 Å². The second-order valence-corrected chi connectivity index (χ2v) is 23.2. The molecule has 5 aliphatic rings. The number of nitrogens with one attached hydrogen (secondary N) is 4. The van der Waals surface area contributed by atoms with Crippen LogP contribution in [0.2, 0.25) is 0 Å². The summed E-state index contributed by atoms with van der Waals surface area (Å²) < 4.78 is 51.5. The summed E-state index contributed by atoms with van der Waals surface area (Å²) in [5, 5.41) is 22.9. The Bertz CT molecular complexity index is 3530. The lowest BCUT2D eigenvalue weighted by Gasteiger charge is -2.31. The molecule has 5 aliphatic heterocycles. The van der Waals surface area contributed by atoms with Crippen molar-refractivity contribution in [1.29, 1.82) is 0 Å². The number of anilines is 2. The molecule has 28 nitrogen and oxygen atoms in total. The molecule has 0 saturated heterocycles. The quantitative estimate of drug-likeness (QED) is 0.0351. The van der Waals surface area contributed by atoms with Crippen LogP contribution in [0.3, 0.4) is 0 Å². The monoisotopic (exact) mass is 1340 g/mol. The van der Waals surface area contributed by atoms with E-state index in [4.69, 9.17) is 42.6 Å². The topological polar surface area (TPSA) is 330 Å². The van der Waals surface area contributed by atoms with E-state index in [0.717, 1.165) is 20.9 Å². The summed E-state index contributed by atoms with van der Waals surface area (Å²) in [6.45, 7) is 11.0. The van der Waals surface area contributed by atoms with Gasteiger partial charge in [0.05, 0.1) is 115 Å². The van der Waals surface area contributed by atoms with Crippen LogP contribution in [0, 0.1) is 5.92 Å². The van der Waals surface area contributed by atoms with Crippen LogP contribution in [0.4, 0.5) is 21.9 Å². The van der Waals surface area contributed by atoms with Gasteiger partial charge < -0.3 is 78.8 Å². The molecule has 0 aromatic heterocycles. The molecule has 28 heteroatoms. The number of rotatable bonds is 36. The molecule has 3 aromatic rings. The molecule has 0 saturated carbocycles. The minimum Gasteiger partial charge on any atom is -0.493 e. The Balaban J connectivity index is 0.757. The van der Waals surface area contributed by atoms with Crippen LogP contribution in [0.25, 0.3) is 0 Å². The first-order valence-corrected chi connectivity index (χ1v) is 32.1. The molecule has 0 radical (unpaired) electrons. The molecular weight excluding hydrogens is 1260 g/mol. The molecule has 5 N–H and O–H groups in total. The summed E-state index contributed by atoms with van der Waals surface area (Å²) in [5.41, 5.74) is 3.54. The van der Waals surface area contributed by atoms with E-state index in [1.165, 1.54) is 50.3 Å². The number of aliphatic hydroxyl groups excluding tert-OH is 1.